The highest BCUT2D eigenvalue weighted by atomic mass is 15.1. The fraction of sp³-hybridized carbons (Fsp3) is 0.294. The van der Waals surface area contributed by atoms with Crippen molar-refractivity contribution in [3.8, 4) is 0 Å². The van der Waals surface area contributed by atoms with Crippen LogP contribution in [0, 0.1) is 6.92 Å². The third-order valence-electron chi connectivity index (χ3n) is 3.30. The summed E-state index contributed by atoms with van der Waals surface area (Å²) in [6.45, 7) is 3.13. The van der Waals surface area contributed by atoms with Crippen molar-refractivity contribution in [2.75, 3.05) is 26.0 Å². The van der Waals surface area contributed by atoms with Crippen LogP contribution < -0.4 is 4.90 Å². The molecule has 2 aromatic rings. The molecule has 2 heteroatoms. The molecule has 0 heterocycles. The predicted octanol–water partition coefficient (Wildman–Crippen LogP) is 3.82. The smallest absolute Gasteiger partial charge is 0.0437 e. The number of anilines is 2. The Morgan fingerprint density at radius 3 is 2.05 bits per heavy atom. The maximum absolute atomic E-state index is 2.23. The first-order valence-electron chi connectivity index (χ1n) is 6.61. The normalized spacial score (nSPS) is 10.8. The van der Waals surface area contributed by atoms with E-state index >= 15 is 0 Å². The molecule has 2 aromatic carbocycles. The van der Waals surface area contributed by atoms with Crippen LogP contribution in [-0.2, 0) is 6.54 Å². The first kappa shape index (κ1) is 13.6. The van der Waals surface area contributed by atoms with Crippen molar-refractivity contribution in [2.24, 2.45) is 0 Å². The summed E-state index contributed by atoms with van der Waals surface area (Å²) in [7, 11) is 6.30. The average molecular weight is 254 g/mol. The van der Waals surface area contributed by atoms with Gasteiger partial charge in [-0.3, -0.25) is 0 Å². The summed E-state index contributed by atoms with van der Waals surface area (Å²) in [5, 5.41) is 0. The van der Waals surface area contributed by atoms with E-state index in [-0.39, 0.29) is 0 Å². The third-order valence-corrected chi connectivity index (χ3v) is 3.30. The molecule has 0 fully saturated rings. The van der Waals surface area contributed by atoms with E-state index in [1.54, 1.807) is 0 Å². The summed E-state index contributed by atoms with van der Waals surface area (Å²) >= 11 is 0. The van der Waals surface area contributed by atoms with Gasteiger partial charge in [-0.1, -0.05) is 30.3 Å². The molecular weight excluding hydrogens is 232 g/mol. The van der Waals surface area contributed by atoms with Gasteiger partial charge >= 0.3 is 0 Å². The van der Waals surface area contributed by atoms with Crippen LogP contribution in [0.5, 0.6) is 0 Å². The SMILES string of the molecule is Cc1ccccc1N(C)c1ccc(CN(C)C)cc1. The van der Waals surface area contributed by atoms with Crippen LogP contribution in [0.3, 0.4) is 0 Å². The molecule has 0 saturated carbocycles. The van der Waals surface area contributed by atoms with Gasteiger partial charge in [-0.15, -0.1) is 0 Å². The Morgan fingerprint density at radius 1 is 0.842 bits per heavy atom. The molecule has 0 aliphatic heterocycles. The second-order valence-corrected chi connectivity index (χ2v) is 5.25. The molecule has 0 amide bonds. The zero-order valence-corrected chi connectivity index (χ0v) is 12.2. The van der Waals surface area contributed by atoms with Crippen molar-refractivity contribution in [1.82, 2.24) is 4.90 Å². The average Bonchev–Trinajstić information content (AvgIpc) is 2.39. The number of benzene rings is 2. The van der Waals surface area contributed by atoms with E-state index in [9.17, 15) is 0 Å². The maximum atomic E-state index is 2.23. The molecular formula is C17H22N2. The first-order chi connectivity index (χ1) is 9.08. The van der Waals surface area contributed by atoms with E-state index in [1.165, 1.54) is 22.5 Å². The van der Waals surface area contributed by atoms with Gasteiger partial charge in [-0.05, 0) is 50.3 Å². The van der Waals surface area contributed by atoms with E-state index in [2.05, 4.69) is 86.4 Å². The van der Waals surface area contributed by atoms with Crippen LogP contribution in [-0.4, -0.2) is 26.0 Å². The Labute approximate surface area is 116 Å². The standard InChI is InChI=1S/C17H22N2/c1-14-7-5-6-8-17(14)19(4)16-11-9-15(10-12-16)13-18(2)3/h5-12H,13H2,1-4H3. The molecule has 2 rings (SSSR count). The van der Waals surface area contributed by atoms with Gasteiger partial charge in [0.25, 0.3) is 0 Å². The number of aryl methyl sites for hydroxylation is 1. The van der Waals surface area contributed by atoms with Crippen LogP contribution >= 0.6 is 0 Å². The molecule has 0 aliphatic carbocycles. The van der Waals surface area contributed by atoms with E-state index in [0.29, 0.717) is 0 Å². The summed E-state index contributed by atoms with van der Waals surface area (Å²) in [6.07, 6.45) is 0. The van der Waals surface area contributed by atoms with E-state index in [4.69, 9.17) is 0 Å². The van der Waals surface area contributed by atoms with Gasteiger partial charge in [0, 0.05) is 25.0 Å². The second kappa shape index (κ2) is 5.89. The lowest BCUT2D eigenvalue weighted by Crippen LogP contribution is -2.12. The summed E-state index contributed by atoms with van der Waals surface area (Å²) < 4.78 is 0. The van der Waals surface area contributed by atoms with Crippen molar-refractivity contribution < 1.29 is 0 Å². The zero-order chi connectivity index (χ0) is 13.8. The number of para-hydroxylation sites is 1. The maximum Gasteiger partial charge on any atom is 0.0437 e. The lowest BCUT2D eigenvalue weighted by molar-refractivity contribution is 0.402. The van der Waals surface area contributed by atoms with Crippen molar-refractivity contribution in [2.45, 2.75) is 13.5 Å². The summed E-state index contributed by atoms with van der Waals surface area (Å²) in [6, 6.07) is 17.2. The molecule has 0 spiro atoms. The fourth-order valence-electron chi connectivity index (χ4n) is 2.27. The quantitative estimate of drug-likeness (QED) is 0.818. The minimum Gasteiger partial charge on any atom is -0.344 e. The van der Waals surface area contributed by atoms with Crippen molar-refractivity contribution >= 4 is 11.4 Å². The minimum absolute atomic E-state index is 0.981. The van der Waals surface area contributed by atoms with Gasteiger partial charge in [-0.2, -0.15) is 0 Å². The molecule has 0 atom stereocenters. The Hall–Kier alpha value is -1.80. The van der Waals surface area contributed by atoms with E-state index in [1.807, 2.05) is 0 Å². The Balaban J connectivity index is 2.20. The predicted molar refractivity (Wildman–Crippen MR) is 83.1 cm³/mol. The van der Waals surface area contributed by atoms with Crippen LogP contribution in [0.2, 0.25) is 0 Å². The van der Waals surface area contributed by atoms with Crippen molar-refractivity contribution in [3.05, 3.63) is 59.7 Å². The van der Waals surface area contributed by atoms with Crippen LogP contribution in [0.1, 0.15) is 11.1 Å². The fourth-order valence-corrected chi connectivity index (χ4v) is 2.27. The Morgan fingerprint density at radius 2 is 1.47 bits per heavy atom. The van der Waals surface area contributed by atoms with Crippen LogP contribution in [0.25, 0.3) is 0 Å². The van der Waals surface area contributed by atoms with Gasteiger partial charge in [0.05, 0.1) is 0 Å². The first-order valence-corrected chi connectivity index (χ1v) is 6.61. The Kier molecular flexibility index (Phi) is 4.23. The largest absolute Gasteiger partial charge is 0.344 e. The van der Waals surface area contributed by atoms with Gasteiger partial charge in [0.2, 0.25) is 0 Å². The second-order valence-electron chi connectivity index (χ2n) is 5.25. The van der Waals surface area contributed by atoms with E-state index in [0.717, 1.165) is 6.54 Å². The molecule has 0 bridgehead atoms. The van der Waals surface area contributed by atoms with Crippen molar-refractivity contribution in [3.63, 3.8) is 0 Å². The molecule has 0 aliphatic rings. The highest BCUT2D eigenvalue weighted by Crippen LogP contribution is 2.26. The lowest BCUT2D eigenvalue weighted by Gasteiger charge is -2.22. The summed E-state index contributed by atoms with van der Waals surface area (Å²) in [5.74, 6) is 0. The molecule has 2 nitrogen and oxygen atoms in total. The summed E-state index contributed by atoms with van der Waals surface area (Å²) in [4.78, 5) is 4.41. The van der Waals surface area contributed by atoms with E-state index < -0.39 is 0 Å². The molecule has 0 aromatic heterocycles. The number of rotatable bonds is 4. The number of hydrogen-bond donors (Lipinski definition) is 0. The highest BCUT2D eigenvalue weighted by molar-refractivity contribution is 5.65. The zero-order valence-electron chi connectivity index (χ0n) is 12.2. The van der Waals surface area contributed by atoms with Gasteiger partial charge in [-0.25, -0.2) is 0 Å². The van der Waals surface area contributed by atoms with Gasteiger partial charge < -0.3 is 9.80 Å². The summed E-state index contributed by atoms with van der Waals surface area (Å²) in [5.41, 5.74) is 5.11. The monoisotopic (exact) mass is 254 g/mol. The van der Waals surface area contributed by atoms with Gasteiger partial charge in [0.1, 0.15) is 0 Å². The third kappa shape index (κ3) is 3.36. The van der Waals surface area contributed by atoms with Crippen LogP contribution in [0.4, 0.5) is 11.4 Å². The topological polar surface area (TPSA) is 6.48 Å². The van der Waals surface area contributed by atoms with Crippen LogP contribution in [0.15, 0.2) is 48.5 Å². The number of hydrogen-bond acceptors (Lipinski definition) is 2. The molecule has 19 heavy (non-hydrogen) atoms. The van der Waals surface area contributed by atoms with Crippen molar-refractivity contribution in [1.29, 1.82) is 0 Å². The number of nitrogens with zero attached hydrogens (tertiary/aromatic N) is 2. The molecule has 0 unspecified atom stereocenters. The molecule has 100 valence electrons. The Bertz CT molecular complexity index is 529. The van der Waals surface area contributed by atoms with Gasteiger partial charge in [0.15, 0.2) is 0 Å². The minimum atomic E-state index is 0.981. The lowest BCUT2D eigenvalue weighted by atomic mass is 10.1. The molecule has 0 saturated heterocycles. The molecule has 0 N–H and O–H groups in total. The highest BCUT2D eigenvalue weighted by Gasteiger charge is 2.06. The molecule has 0 radical (unpaired) electrons.